The van der Waals surface area contributed by atoms with Crippen molar-refractivity contribution >= 4 is 5.97 Å². The molecule has 1 rings (SSSR count). The van der Waals surface area contributed by atoms with Crippen molar-refractivity contribution in [1.29, 1.82) is 0 Å². The van der Waals surface area contributed by atoms with Gasteiger partial charge in [0.15, 0.2) is 0 Å². The van der Waals surface area contributed by atoms with Crippen LogP contribution >= 0.6 is 0 Å². The first-order valence-corrected chi connectivity index (χ1v) is 8.16. The average molecular weight is 332 g/mol. The monoisotopic (exact) mass is 332 g/mol. The second-order valence-electron chi connectivity index (χ2n) is 5.91. The van der Waals surface area contributed by atoms with E-state index in [1.165, 1.54) is 0 Å². The summed E-state index contributed by atoms with van der Waals surface area (Å²) < 4.78 is 10.8. The molecule has 0 saturated carbocycles. The van der Waals surface area contributed by atoms with Crippen LogP contribution in [0, 0.1) is 0 Å². The number of carbonyl (C=O) groups is 1. The van der Waals surface area contributed by atoms with E-state index in [0.29, 0.717) is 6.42 Å². The summed E-state index contributed by atoms with van der Waals surface area (Å²) in [6.45, 7) is 3.66. The van der Waals surface area contributed by atoms with Crippen LogP contribution < -0.4 is 0 Å². The lowest BCUT2D eigenvalue weighted by atomic mass is 10.00. The summed E-state index contributed by atoms with van der Waals surface area (Å²) in [6, 6.07) is 0. The van der Waals surface area contributed by atoms with Gasteiger partial charge >= 0.3 is 5.97 Å². The third-order valence-corrected chi connectivity index (χ3v) is 3.89. The molecule has 0 aromatic carbocycles. The van der Waals surface area contributed by atoms with Crippen LogP contribution in [0.15, 0.2) is 11.8 Å². The third-order valence-electron chi connectivity index (χ3n) is 3.89. The van der Waals surface area contributed by atoms with Gasteiger partial charge in [0.2, 0.25) is 6.29 Å². The van der Waals surface area contributed by atoms with Gasteiger partial charge in [0, 0.05) is 6.42 Å². The number of aliphatic carboxylic acids is 1. The molecule has 1 saturated heterocycles. The molecule has 5 atom stereocenters. The number of hydrogen-bond donors (Lipinski definition) is 4. The van der Waals surface area contributed by atoms with Crippen molar-refractivity contribution < 1.29 is 34.7 Å². The quantitative estimate of drug-likeness (QED) is 0.284. The normalized spacial score (nSPS) is 31.9. The molecular formula is C16H28O7. The van der Waals surface area contributed by atoms with Crippen molar-refractivity contribution in [1.82, 2.24) is 0 Å². The second-order valence-corrected chi connectivity index (χ2v) is 5.91. The van der Waals surface area contributed by atoms with Crippen molar-refractivity contribution in [2.24, 2.45) is 0 Å². The van der Waals surface area contributed by atoms with Crippen molar-refractivity contribution in [2.45, 2.75) is 83.1 Å². The number of unbranched alkanes of at least 4 members (excludes halogenated alkanes) is 4. The highest BCUT2D eigenvalue weighted by Crippen LogP contribution is 2.25. The lowest BCUT2D eigenvalue weighted by Crippen LogP contribution is -2.57. The summed E-state index contributed by atoms with van der Waals surface area (Å²) in [6.07, 6.45) is 0.402. The topological polar surface area (TPSA) is 116 Å². The SMILES string of the molecule is CCCCCCCC(=CC(=O)O)O[C@H]1O[C@@H](C)[C@H](O)[C@@H](O)[C@H]1O. The van der Waals surface area contributed by atoms with Crippen molar-refractivity contribution in [3.63, 3.8) is 0 Å². The maximum atomic E-state index is 10.9. The Hall–Kier alpha value is -1.15. The highest BCUT2D eigenvalue weighted by molar-refractivity contribution is 5.80. The molecule has 4 N–H and O–H groups in total. The molecule has 0 aromatic heterocycles. The number of carboxylic acid groups (broad SMARTS) is 1. The van der Waals surface area contributed by atoms with E-state index in [2.05, 4.69) is 6.92 Å². The van der Waals surface area contributed by atoms with E-state index >= 15 is 0 Å². The third kappa shape index (κ3) is 6.47. The molecule has 0 radical (unpaired) electrons. The van der Waals surface area contributed by atoms with Gasteiger partial charge in [-0.2, -0.15) is 0 Å². The number of allylic oxidation sites excluding steroid dienone is 1. The molecule has 1 fully saturated rings. The van der Waals surface area contributed by atoms with Gasteiger partial charge < -0.3 is 29.9 Å². The molecule has 1 aliphatic rings. The summed E-state index contributed by atoms with van der Waals surface area (Å²) in [5.74, 6) is -0.957. The minimum atomic E-state index is -1.45. The molecule has 0 amide bonds. The fourth-order valence-corrected chi connectivity index (χ4v) is 2.47. The van der Waals surface area contributed by atoms with Crippen LogP contribution in [0.25, 0.3) is 0 Å². The Bertz CT molecular complexity index is 396. The molecule has 0 spiro atoms. The summed E-state index contributed by atoms with van der Waals surface area (Å²) in [4.78, 5) is 10.9. The summed E-state index contributed by atoms with van der Waals surface area (Å²) in [5, 5.41) is 38.2. The Morgan fingerprint density at radius 1 is 1.09 bits per heavy atom. The van der Waals surface area contributed by atoms with Crippen LogP contribution in [0.5, 0.6) is 0 Å². The number of aliphatic hydroxyl groups is 3. The smallest absolute Gasteiger partial charge is 0.331 e. The molecule has 0 unspecified atom stereocenters. The molecular weight excluding hydrogens is 304 g/mol. The molecule has 7 heteroatoms. The minimum absolute atomic E-state index is 0.189. The number of hydrogen-bond acceptors (Lipinski definition) is 6. The largest absolute Gasteiger partial charge is 0.478 e. The molecule has 1 aliphatic heterocycles. The highest BCUT2D eigenvalue weighted by Gasteiger charge is 2.43. The second kappa shape index (κ2) is 9.87. The first-order valence-electron chi connectivity index (χ1n) is 8.16. The average Bonchev–Trinajstić information content (AvgIpc) is 2.49. The standard InChI is InChI=1S/C16H28O7/c1-3-4-5-6-7-8-11(9-12(17)18)23-16-15(21)14(20)13(19)10(2)22-16/h9-10,13-16,19-21H,3-8H2,1-2H3,(H,17,18)/t10-,13-,14+,15+,16+/m0/s1. The van der Waals surface area contributed by atoms with Gasteiger partial charge in [-0.1, -0.05) is 32.6 Å². The highest BCUT2D eigenvalue weighted by atomic mass is 16.7. The van der Waals surface area contributed by atoms with Gasteiger partial charge in [0.1, 0.15) is 24.1 Å². The predicted octanol–water partition coefficient (Wildman–Crippen LogP) is 1.16. The lowest BCUT2D eigenvalue weighted by molar-refractivity contribution is -0.283. The van der Waals surface area contributed by atoms with Crippen LogP contribution in [-0.4, -0.2) is 57.1 Å². The Morgan fingerprint density at radius 2 is 1.74 bits per heavy atom. The molecule has 23 heavy (non-hydrogen) atoms. The number of carboxylic acids is 1. The van der Waals surface area contributed by atoms with Gasteiger partial charge in [0.05, 0.1) is 12.2 Å². The van der Waals surface area contributed by atoms with Crippen molar-refractivity contribution in [2.75, 3.05) is 0 Å². The van der Waals surface area contributed by atoms with Gasteiger partial charge in [-0.3, -0.25) is 0 Å². The van der Waals surface area contributed by atoms with E-state index in [0.717, 1.165) is 38.2 Å². The molecule has 0 aromatic rings. The summed E-state index contributed by atoms with van der Waals surface area (Å²) >= 11 is 0. The zero-order valence-electron chi connectivity index (χ0n) is 13.7. The van der Waals surface area contributed by atoms with E-state index < -0.39 is 36.7 Å². The van der Waals surface area contributed by atoms with Crippen LogP contribution in [0.4, 0.5) is 0 Å². The van der Waals surface area contributed by atoms with E-state index in [4.69, 9.17) is 14.6 Å². The van der Waals surface area contributed by atoms with Gasteiger partial charge in [-0.25, -0.2) is 4.79 Å². The Labute approximate surface area is 136 Å². The van der Waals surface area contributed by atoms with Crippen molar-refractivity contribution in [3.8, 4) is 0 Å². The van der Waals surface area contributed by atoms with E-state index in [9.17, 15) is 20.1 Å². The maximum absolute atomic E-state index is 10.9. The molecule has 1 heterocycles. The Balaban J connectivity index is 2.60. The summed E-state index contributed by atoms with van der Waals surface area (Å²) in [7, 11) is 0. The molecule has 0 aliphatic carbocycles. The van der Waals surface area contributed by atoms with Gasteiger partial charge in [-0.15, -0.1) is 0 Å². The predicted molar refractivity (Wildman–Crippen MR) is 82.5 cm³/mol. The fraction of sp³-hybridized carbons (Fsp3) is 0.812. The van der Waals surface area contributed by atoms with Gasteiger partial charge in [-0.05, 0) is 13.3 Å². The minimum Gasteiger partial charge on any atom is -0.478 e. The number of rotatable bonds is 9. The van der Waals surface area contributed by atoms with Crippen LogP contribution in [0.1, 0.15) is 52.4 Å². The maximum Gasteiger partial charge on any atom is 0.331 e. The van der Waals surface area contributed by atoms with E-state index in [1.54, 1.807) is 6.92 Å². The number of aliphatic hydroxyl groups excluding tert-OH is 3. The first kappa shape index (κ1) is 19.9. The van der Waals surface area contributed by atoms with Crippen LogP contribution in [0.3, 0.4) is 0 Å². The zero-order chi connectivity index (χ0) is 17.4. The Kier molecular flexibility index (Phi) is 8.54. The summed E-state index contributed by atoms with van der Waals surface area (Å²) in [5.41, 5.74) is 0. The van der Waals surface area contributed by atoms with Crippen LogP contribution in [0.2, 0.25) is 0 Å². The van der Waals surface area contributed by atoms with E-state index in [-0.39, 0.29) is 5.76 Å². The zero-order valence-corrected chi connectivity index (χ0v) is 13.7. The van der Waals surface area contributed by atoms with Gasteiger partial charge in [0.25, 0.3) is 0 Å². The first-order chi connectivity index (χ1) is 10.9. The van der Waals surface area contributed by atoms with E-state index in [1.807, 2.05) is 0 Å². The molecule has 7 nitrogen and oxygen atoms in total. The molecule has 134 valence electrons. The fourth-order valence-electron chi connectivity index (χ4n) is 2.47. The lowest BCUT2D eigenvalue weighted by Gasteiger charge is -2.39. The Morgan fingerprint density at radius 3 is 2.35 bits per heavy atom. The molecule has 0 bridgehead atoms. The van der Waals surface area contributed by atoms with Crippen molar-refractivity contribution in [3.05, 3.63) is 11.8 Å². The van der Waals surface area contributed by atoms with Crippen LogP contribution in [-0.2, 0) is 14.3 Å². The number of ether oxygens (including phenoxy) is 2.